The summed E-state index contributed by atoms with van der Waals surface area (Å²) in [5.41, 5.74) is 5.25. The lowest BCUT2D eigenvalue weighted by atomic mass is 10.6. The van der Waals surface area contributed by atoms with E-state index in [9.17, 15) is 0 Å². The fraction of sp³-hybridized carbons (Fsp3) is 0.750. The number of aliphatic hydroxyl groups excluding tert-OH is 1. The number of rotatable bonds is 3. The summed E-state index contributed by atoms with van der Waals surface area (Å²) in [5.74, 6) is 0.527. The molecule has 0 atom stereocenters. The summed E-state index contributed by atoms with van der Waals surface area (Å²) in [6.07, 6.45) is 0. The first-order valence-corrected chi connectivity index (χ1v) is 3.39. The molecule has 0 saturated heterocycles. The highest BCUT2D eigenvalue weighted by Gasteiger charge is 1.83. The maximum atomic E-state index is 8.23. The number of nitrogens with two attached hydrogens (primary N) is 1. The Balaban J connectivity index is 3.26. The number of aliphatic imine (C=N–C) groups is 1. The summed E-state index contributed by atoms with van der Waals surface area (Å²) in [5, 5.41) is 8.81. The molecular formula is C4H9BrN2O. The third-order valence-corrected chi connectivity index (χ3v) is 1.13. The minimum Gasteiger partial charge on any atom is -0.394 e. The number of aliphatic hydroxyl groups is 1. The van der Waals surface area contributed by atoms with Crippen LogP contribution in [-0.2, 0) is 0 Å². The van der Waals surface area contributed by atoms with E-state index in [-0.39, 0.29) is 6.61 Å². The zero-order valence-corrected chi connectivity index (χ0v) is 6.06. The second-order valence-electron chi connectivity index (χ2n) is 1.23. The van der Waals surface area contributed by atoms with E-state index in [1.165, 1.54) is 0 Å². The Morgan fingerprint density at radius 3 is 2.75 bits per heavy atom. The van der Waals surface area contributed by atoms with Crippen molar-refractivity contribution in [3.05, 3.63) is 0 Å². The normalized spacial score (nSPS) is 12.0. The van der Waals surface area contributed by atoms with Crippen LogP contribution < -0.4 is 5.73 Å². The van der Waals surface area contributed by atoms with Crippen LogP contribution in [0.5, 0.6) is 0 Å². The number of nitrogens with zero attached hydrogens (tertiary/aromatic N) is 1. The van der Waals surface area contributed by atoms with Crippen molar-refractivity contribution in [2.45, 2.75) is 0 Å². The Kier molecular flexibility index (Phi) is 5.00. The second kappa shape index (κ2) is 5.05. The standard InChI is InChI=1S/C4H9BrN2O/c5-3-4(6)7-1-2-8/h8H,1-3H2,(H2,6,7). The fourth-order valence-corrected chi connectivity index (χ4v) is 0.413. The van der Waals surface area contributed by atoms with Crippen LogP contribution in [0.15, 0.2) is 4.99 Å². The number of amidine groups is 1. The maximum Gasteiger partial charge on any atom is 0.104 e. The van der Waals surface area contributed by atoms with Crippen molar-refractivity contribution in [1.82, 2.24) is 0 Å². The van der Waals surface area contributed by atoms with Crippen molar-refractivity contribution in [3.63, 3.8) is 0 Å². The average Bonchev–Trinajstić information content (AvgIpc) is 1.83. The second-order valence-corrected chi connectivity index (χ2v) is 1.79. The highest BCUT2D eigenvalue weighted by molar-refractivity contribution is 9.09. The van der Waals surface area contributed by atoms with E-state index in [4.69, 9.17) is 10.8 Å². The van der Waals surface area contributed by atoms with Crippen molar-refractivity contribution >= 4 is 21.8 Å². The Bertz CT molecular complexity index is 84.1. The molecule has 8 heavy (non-hydrogen) atoms. The molecule has 0 aromatic carbocycles. The lowest BCUT2D eigenvalue weighted by Gasteiger charge is -1.90. The van der Waals surface area contributed by atoms with E-state index >= 15 is 0 Å². The first-order chi connectivity index (χ1) is 3.81. The predicted octanol–water partition coefficient (Wildman–Crippen LogP) is -0.269. The van der Waals surface area contributed by atoms with Gasteiger partial charge in [-0.1, -0.05) is 15.9 Å². The Morgan fingerprint density at radius 1 is 1.75 bits per heavy atom. The van der Waals surface area contributed by atoms with Crippen molar-refractivity contribution in [2.75, 3.05) is 18.5 Å². The predicted molar refractivity (Wildman–Crippen MR) is 37.4 cm³/mol. The van der Waals surface area contributed by atoms with Gasteiger partial charge in [0.1, 0.15) is 5.84 Å². The summed E-state index contributed by atoms with van der Waals surface area (Å²) in [4.78, 5) is 3.76. The van der Waals surface area contributed by atoms with Gasteiger partial charge in [0.15, 0.2) is 0 Å². The SMILES string of the molecule is NC(CBr)=NCCO. The Morgan fingerprint density at radius 2 is 2.38 bits per heavy atom. The molecule has 0 amide bonds. The van der Waals surface area contributed by atoms with E-state index in [1.807, 2.05) is 0 Å². The zero-order chi connectivity index (χ0) is 6.41. The van der Waals surface area contributed by atoms with E-state index in [0.717, 1.165) is 0 Å². The molecule has 0 bridgehead atoms. The molecule has 3 N–H and O–H groups in total. The maximum absolute atomic E-state index is 8.23. The van der Waals surface area contributed by atoms with Crippen LogP contribution in [0, 0.1) is 0 Å². The summed E-state index contributed by atoms with van der Waals surface area (Å²) in [6.45, 7) is 0.463. The molecule has 0 heterocycles. The molecule has 0 radical (unpaired) electrons. The lowest BCUT2D eigenvalue weighted by molar-refractivity contribution is 0.307. The molecule has 0 aliphatic carbocycles. The summed E-state index contributed by atoms with van der Waals surface area (Å²) in [7, 11) is 0. The molecule has 0 rings (SSSR count). The van der Waals surface area contributed by atoms with E-state index < -0.39 is 0 Å². The van der Waals surface area contributed by atoms with Gasteiger partial charge >= 0.3 is 0 Å². The quantitative estimate of drug-likeness (QED) is 0.357. The Hall–Kier alpha value is -0.0900. The number of hydrogen-bond acceptors (Lipinski definition) is 2. The van der Waals surface area contributed by atoms with Gasteiger partial charge in [0, 0.05) is 0 Å². The van der Waals surface area contributed by atoms with E-state index in [0.29, 0.717) is 17.7 Å². The largest absolute Gasteiger partial charge is 0.394 e. The van der Waals surface area contributed by atoms with Crippen molar-refractivity contribution in [2.24, 2.45) is 10.7 Å². The summed E-state index contributed by atoms with van der Waals surface area (Å²) < 4.78 is 0. The highest BCUT2D eigenvalue weighted by atomic mass is 79.9. The molecule has 48 valence electrons. The molecule has 4 heteroatoms. The number of hydrogen-bond donors (Lipinski definition) is 2. The van der Waals surface area contributed by atoms with Crippen LogP contribution in [0.1, 0.15) is 0 Å². The van der Waals surface area contributed by atoms with Gasteiger partial charge in [-0.25, -0.2) is 0 Å². The average molecular weight is 181 g/mol. The first kappa shape index (κ1) is 7.91. The van der Waals surface area contributed by atoms with Crippen molar-refractivity contribution in [3.8, 4) is 0 Å². The first-order valence-electron chi connectivity index (χ1n) is 2.27. The van der Waals surface area contributed by atoms with Crippen molar-refractivity contribution in [1.29, 1.82) is 0 Å². The van der Waals surface area contributed by atoms with E-state index in [1.54, 1.807) is 0 Å². The molecule has 0 aliphatic heterocycles. The van der Waals surface area contributed by atoms with Gasteiger partial charge in [-0.3, -0.25) is 4.99 Å². The number of halogens is 1. The van der Waals surface area contributed by atoms with Crippen molar-refractivity contribution < 1.29 is 5.11 Å². The summed E-state index contributed by atoms with van der Waals surface area (Å²) >= 11 is 3.11. The third kappa shape index (κ3) is 4.08. The Labute approximate surface area is 56.7 Å². The third-order valence-electron chi connectivity index (χ3n) is 0.552. The minimum atomic E-state index is 0.0632. The molecular weight excluding hydrogens is 172 g/mol. The molecule has 0 aliphatic rings. The minimum absolute atomic E-state index is 0.0632. The van der Waals surface area contributed by atoms with Gasteiger partial charge in [0.2, 0.25) is 0 Å². The summed E-state index contributed by atoms with van der Waals surface area (Å²) in [6, 6.07) is 0. The number of alkyl halides is 1. The van der Waals surface area contributed by atoms with Crippen LogP contribution in [0.25, 0.3) is 0 Å². The molecule has 0 aromatic heterocycles. The van der Waals surface area contributed by atoms with Gasteiger partial charge < -0.3 is 10.8 Å². The molecule has 0 saturated carbocycles. The van der Waals surface area contributed by atoms with Gasteiger partial charge in [0.05, 0.1) is 18.5 Å². The van der Waals surface area contributed by atoms with Crippen LogP contribution in [0.3, 0.4) is 0 Å². The molecule has 3 nitrogen and oxygen atoms in total. The topological polar surface area (TPSA) is 58.6 Å². The van der Waals surface area contributed by atoms with Gasteiger partial charge in [0.25, 0.3) is 0 Å². The van der Waals surface area contributed by atoms with Crippen LogP contribution in [-0.4, -0.2) is 29.4 Å². The molecule has 0 unspecified atom stereocenters. The van der Waals surface area contributed by atoms with Gasteiger partial charge in [-0.15, -0.1) is 0 Å². The monoisotopic (exact) mass is 180 g/mol. The molecule has 0 fully saturated rings. The highest BCUT2D eigenvalue weighted by Crippen LogP contribution is 1.78. The van der Waals surface area contributed by atoms with Crippen LogP contribution >= 0.6 is 15.9 Å². The van der Waals surface area contributed by atoms with Gasteiger partial charge in [-0.2, -0.15) is 0 Å². The lowest BCUT2D eigenvalue weighted by Crippen LogP contribution is -2.13. The van der Waals surface area contributed by atoms with Gasteiger partial charge in [-0.05, 0) is 0 Å². The smallest absolute Gasteiger partial charge is 0.104 e. The van der Waals surface area contributed by atoms with Crippen LogP contribution in [0.2, 0.25) is 0 Å². The molecule has 0 aromatic rings. The zero-order valence-electron chi connectivity index (χ0n) is 4.47. The fourth-order valence-electron chi connectivity index (χ4n) is 0.236. The molecule has 0 spiro atoms. The van der Waals surface area contributed by atoms with Crippen LogP contribution in [0.4, 0.5) is 0 Å². The van der Waals surface area contributed by atoms with E-state index in [2.05, 4.69) is 20.9 Å².